The molecule has 0 saturated carbocycles. The second-order valence-corrected chi connectivity index (χ2v) is 5.75. The van der Waals surface area contributed by atoms with E-state index in [1.165, 1.54) is 32.1 Å². The van der Waals surface area contributed by atoms with Crippen LogP contribution < -0.4 is 0 Å². The Hall–Kier alpha value is 0.690. The van der Waals surface area contributed by atoms with Gasteiger partial charge in [-0.2, -0.15) is 0 Å². The summed E-state index contributed by atoms with van der Waals surface area (Å²) in [7, 11) is 0. The van der Waals surface area contributed by atoms with E-state index in [1.54, 1.807) is 0 Å². The summed E-state index contributed by atoms with van der Waals surface area (Å²) in [6.45, 7) is 5.48. The normalized spacial score (nSPS) is 36.8. The van der Waals surface area contributed by atoms with Crippen LogP contribution in [-0.4, -0.2) is 16.1 Å². The van der Waals surface area contributed by atoms with Crippen molar-refractivity contribution < 1.29 is 4.74 Å². The molecular formula is C10H19IO. The fourth-order valence-electron chi connectivity index (χ4n) is 1.79. The maximum Gasteiger partial charge on any atom is 0.0664 e. The largest absolute Gasteiger partial charge is 0.375 e. The first-order chi connectivity index (χ1) is 5.66. The van der Waals surface area contributed by atoms with Crippen LogP contribution in [0.3, 0.4) is 0 Å². The Morgan fingerprint density at radius 1 is 1.58 bits per heavy atom. The van der Waals surface area contributed by atoms with Crippen LogP contribution >= 0.6 is 22.6 Å². The van der Waals surface area contributed by atoms with Crippen molar-refractivity contribution in [2.45, 2.75) is 55.5 Å². The lowest BCUT2D eigenvalue weighted by molar-refractivity contribution is -0.0669. The number of hydrogen-bond acceptors (Lipinski definition) is 1. The molecule has 1 nitrogen and oxygen atoms in total. The summed E-state index contributed by atoms with van der Waals surface area (Å²) in [5.74, 6) is 0. The van der Waals surface area contributed by atoms with Gasteiger partial charge >= 0.3 is 0 Å². The lowest BCUT2D eigenvalue weighted by atomic mass is 9.91. The molecule has 0 radical (unpaired) electrons. The summed E-state index contributed by atoms with van der Waals surface area (Å²) < 4.78 is 6.66. The van der Waals surface area contributed by atoms with Gasteiger partial charge in [-0.05, 0) is 26.2 Å². The Labute approximate surface area is 89.4 Å². The van der Waals surface area contributed by atoms with E-state index in [-0.39, 0.29) is 5.60 Å². The minimum atomic E-state index is 0.195. The molecule has 0 aromatic rings. The van der Waals surface area contributed by atoms with Gasteiger partial charge in [0.25, 0.3) is 0 Å². The number of hydrogen-bond donors (Lipinski definition) is 0. The third-order valence-corrected chi connectivity index (χ3v) is 3.66. The number of rotatable bonds is 3. The number of ether oxygens (including phenoxy) is 1. The van der Waals surface area contributed by atoms with Crippen LogP contribution in [0.5, 0.6) is 0 Å². The first-order valence-corrected chi connectivity index (χ1v) is 6.19. The Bertz CT molecular complexity index is 138. The third kappa shape index (κ3) is 3.21. The molecule has 1 unspecified atom stereocenters. The lowest BCUT2D eigenvalue weighted by Crippen LogP contribution is -2.37. The van der Waals surface area contributed by atoms with Crippen molar-refractivity contribution in [1.29, 1.82) is 0 Å². The Kier molecular flexibility index (Phi) is 4.30. The fraction of sp³-hybridized carbons (Fsp3) is 1.00. The molecule has 1 fully saturated rings. The summed E-state index contributed by atoms with van der Waals surface area (Å²) in [5, 5.41) is 0. The maximum atomic E-state index is 5.83. The van der Waals surface area contributed by atoms with E-state index < -0.39 is 0 Å². The van der Waals surface area contributed by atoms with Gasteiger partial charge in [0.1, 0.15) is 0 Å². The molecule has 2 heteroatoms. The Morgan fingerprint density at radius 2 is 2.33 bits per heavy atom. The van der Waals surface area contributed by atoms with Crippen LogP contribution in [0.25, 0.3) is 0 Å². The second-order valence-electron chi connectivity index (χ2n) is 3.99. The number of halogens is 1. The SMILES string of the molecule is CCCCC1(C)C[C@H](I)CCO1. The van der Waals surface area contributed by atoms with Gasteiger partial charge in [0.15, 0.2) is 0 Å². The third-order valence-electron chi connectivity index (χ3n) is 2.59. The van der Waals surface area contributed by atoms with Crippen LogP contribution in [0.2, 0.25) is 0 Å². The molecule has 1 heterocycles. The van der Waals surface area contributed by atoms with Crippen molar-refractivity contribution in [3.8, 4) is 0 Å². The van der Waals surface area contributed by atoms with Crippen LogP contribution in [-0.2, 0) is 4.74 Å². The Balaban J connectivity index is 2.35. The highest BCUT2D eigenvalue weighted by Gasteiger charge is 2.31. The van der Waals surface area contributed by atoms with E-state index in [2.05, 4.69) is 36.4 Å². The standard InChI is InChI=1S/C10H19IO/c1-3-4-6-10(2)8-9(11)5-7-12-10/h9H,3-8H2,1-2H3/t9-,10?/m1/s1. The van der Waals surface area contributed by atoms with E-state index in [9.17, 15) is 0 Å². The molecule has 0 aromatic carbocycles. The topological polar surface area (TPSA) is 9.23 Å². The summed E-state index contributed by atoms with van der Waals surface area (Å²) in [5.41, 5.74) is 0.195. The monoisotopic (exact) mass is 282 g/mol. The zero-order valence-corrected chi connectivity index (χ0v) is 10.3. The predicted octanol–water partition coefficient (Wildman–Crippen LogP) is 3.55. The summed E-state index contributed by atoms with van der Waals surface area (Å²) in [6.07, 6.45) is 6.31. The lowest BCUT2D eigenvalue weighted by Gasteiger charge is -2.36. The van der Waals surface area contributed by atoms with Gasteiger partial charge in [-0.15, -0.1) is 0 Å². The van der Waals surface area contributed by atoms with Gasteiger partial charge in [-0.25, -0.2) is 0 Å². The summed E-state index contributed by atoms with van der Waals surface area (Å²) >= 11 is 2.55. The highest BCUT2D eigenvalue weighted by molar-refractivity contribution is 14.1. The van der Waals surface area contributed by atoms with E-state index in [1.807, 2.05) is 0 Å². The summed E-state index contributed by atoms with van der Waals surface area (Å²) in [6, 6.07) is 0. The second kappa shape index (κ2) is 4.80. The molecule has 12 heavy (non-hydrogen) atoms. The Morgan fingerprint density at radius 3 is 2.92 bits per heavy atom. The van der Waals surface area contributed by atoms with E-state index in [0.29, 0.717) is 0 Å². The van der Waals surface area contributed by atoms with Gasteiger partial charge in [-0.1, -0.05) is 42.4 Å². The molecule has 0 bridgehead atoms. The smallest absolute Gasteiger partial charge is 0.0664 e. The minimum Gasteiger partial charge on any atom is -0.375 e. The van der Waals surface area contributed by atoms with E-state index in [4.69, 9.17) is 4.74 Å². The predicted molar refractivity (Wildman–Crippen MR) is 60.9 cm³/mol. The first kappa shape index (κ1) is 10.8. The van der Waals surface area contributed by atoms with Gasteiger partial charge in [0.2, 0.25) is 0 Å². The molecule has 0 amide bonds. The quantitative estimate of drug-likeness (QED) is 0.568. The van der Waals surface area contributed by atoms with Crippen LogP contribution in [0.1, 0.15) is 46.0 Å². The van der Waals surface area contributed by atoms with Crippen molar-refractivity contribution in [3.05, 3.63) is 0 Å². The highest BCUT2D eigenvalue weighted by Crippen LogP contribution is 2.32. The maximum absolute atomic E-state index is 5.83. The zero-order chi connectivity index (χ0) is 9.03. The van der Waals surface area contributed by atoms with Gasteiger partial charge < -0.3 is 4.74 Å². The molecule has 1 aliphatic heterocycles. The van der Waals surface area contributed by atoms with Crippen LogP contribution in [0.4, 0.5) is 0 Å². The van der Waals surface area contributed by atoms with Gasteiger partial charge in [0, 0.05) is 10.5 Å². The molecular weight excluding hydrogens is 263 g/mol. The van der Waals surface area contributed by atoms with Gasteiger partial charge in [0.05, 0.1) is 5.60 Å². The van der Waals surface area contributed by atoms with Crippen LogP contribution in [0.15, 0.2) is 0 Å². The first-order valence-electron chi connectivity index (χ1n) is 4.94. The minimum absolute atomic E-state index is 0.195. The van der Waals surface area contributed by atoms with Crippen molar-refractivity contribution >= 4 is 22.6 Å². The summed E-state index contributed by atoms with van der Waals surface area (Å²) in [4.78, 5) is 0. The zero-order valence-electron chi connectivity index (χ0n) is 8.11. The van der Waals surface area contributed by atoms with Crippen LogP contribution in [0, 0.1) is 0 Å². The molecule has 1 saturated heterocycles. The molecule has 0 spiro atoms. The van der Waals surface area contributed by atoms with E-state index >= 15 is 0 Å². The van der Waals surface area contributed by atoms with Gasteiger partial charge in [-0.3, -0.25) is 0 Å². The number of unbranched alkanes of at least 4 members (excludes halogenated alkanes) is 1. The molecule has 1 rings (SSSR count). The van der Waals surface area contributed by atoms with Crippen molar-refractivity contribution in [1.82, 2.24) is 0 Å². The fourth-order valence-corrected chi connectivity index (χ4v) is 2.97. The molecule has 0 aromatic heterocycles. The van der Waals surface area contributed by atoms with Crippen molar-refractivity contribution in [3.63, 3.8) is 0 Å². The molecule has 1 aliphatic rings. The van der Waals surface area contributed by atoms with E-state index in [0.717, 1.165) is 10.5 Å². The van der Waals surface area contributed by atoms with Crippen molar-refractivity contribution in [2.75, 3.05) is 6.61 Å². The highest BCUT2D eigenvalue weighted by atomic mass is 127. The molecule has 0 aliphatic carbocycles. The molecule has 2 atom stereocenters. The number of alkyl halides is 1. The molecule has 72 valence electrons. The molecule has 0 N–H and O–H groups in total. The average molecular weight is 282 g/mol. The van der Waals surface area contributed by atoms with Crippen molar-refractivity contribution in [2.24, 2.45) is 0 Å². The average Bonchev–Trinajstić information content (AvgIpc) is 2.01.